The minimum Gasteiger partial charge on any atom is -0.384 e. The first kappa shape index (κ1) is 15.9. The van der Waals surface area contributed by atoms with E-state index in [9.17, 15) is 9.18 Å². The molecule has 0 spiro atoms. The van der Waals surface area contributed by atoms with Crippen LogP contribution in [0.25, 0.3) is 16.6 Å². The Balaban J connectivity index is 2.45. The Labute approximate surface area is 138 Å². The van der Waals surface area contributed by atoms with Gasteiger partial charge >= 0.3 is 0 Å². The first-order valence-electron chi connectivity index (χ1n) is 7.56. The molecule has 120 valence electrons. The predicted molar refractivity (Wildman–Crippen MR) is 90.6 cm³/mol. The van der Waals surface area contributed by atoms with Gasteiger partial charge in [-0.05, 0) is 24.3 Å². The molecule has 0 radical (unpaired) electrons. The van der Waals surface area contributed by atoms with Crippen molar-refractivity contribution in [2.75, 3.05) is 6.61 Å². The third-order valence-corrected chi connectivity index (χ3v) is 3.68. The molecule has 0 unspecified atom stereocenters. The molecule has 0 aliphatic rings. The summed E-state index contributed by atoms with van der Waals surface area (Å²) in [6, 6.07) is 11.8. The van der Waals surface area contributed by atoms with Gasteiger partial charge < -0.3 is 5.11 Å². The van der Waals surface area contributed by atoms with E-state index in [4.69, 9.17) is 5.11 Å². The fourth-order valence-electron chi connectivity index (χ4n) is 2.62. The van der Waals surface area contributed by atoms with Crippen LogP contribution in [0, 0.1) is 17.7 Å². The Morgan fingerprint density at radius 2 is 1.96 bits per heavy atom. The second-order valence-corrected chi connectivity index (χ2v) is 5.13. The lowest BCUT2D eigenvalue weighted by atomic mass is 10.1. The first-order chi connectivity index (χ1) is 11.7. The number of halogens is 1. The van der Waals surface area contributed by atoms with Gasteiger partial charge in [-0.15, -0.1) is 0 Å². The Morgan fingerprint density at radius 3 is 2.62 bits per heavy atom. The highest BCUT2D eigenvalue weighted by atomic mass is 19.1. The number of hydrogen-bond acceptors (Lipinski definition) is 3. The molecular formula is C19H15FN2O2. The molecule has 2 aromatic carbocycles. The number of aliphatic hydroxyl groups excluding tert-OH is 1. The van der Waals surface area contributed by atoms with Crippen molar-refractivity contribution >= 4 is 10.9 Å². The van der Waals surface area contributed by atoms with Gasteiger partial charge in [0.1, 0.15) is 18.2 Å². The molecule has 5 heteroatoms. The molecule has 0 saturated heterocycles. The molecule has 3 aromatic rings. The molecule has 0 atom stereocenters. The number of hydrogen-bond donors (Lipinski definition) is 1. The highest BCUT2D eigenvalue weighted by molar-refractivity contribution is 5.85. The average Bonchev–Trinajstić information content (AvgIpc) is 2.61. The van der Waals surface area contributed by atoms with Crippen molar-refractivity contribution in [2.24, 2.45) is 0 Å². The Kier molecular flexibility index (Phi) is 4.41. The number of benzene rings is 2. The number of fused-ring (bicyclic) bond motifs is 1. The van der Waals surface area contributed by atoms with Gasteiger partial charge in [-0.2, -0.15) is 0 Å². The number of aliphatic hydroxyl groups is 1. The summed E-state index contributed by atoms with van der Waals surface area (Å²) in [6.07, 6.45) is 0.551. The van der Waals surface area contributed by atoms with E-state index >= 15 is 0 Å². The summed E-state index contributed by atoms with van der Waals surface area (Å²) in [4.78, 5) is 17.6. The summed E-state index contributed by atoms with van der Waals surface area (Å²) < 4.78 is 15.7. The third kappa shape index (κ3) is 2.68. The van der Waals surface area contributed by atoms with Crippen molar-refractivity contribution in [3.63, 3.8) is 0 Å². The fraction of sp³-hybridized carbons (Fsp3) is 0.158. The quantitative estimate of drug-likeness (QED) is 0.737. The zero-order valence-electron chi connectivity index (χ0n) is 13.1. The fourth-order valence-corrected chi connectivity index (χ4v) is 2.62. The lowest BCUT2D eigenvalue weighted by Crippen LogP contribution is -2.24. The Bertz CT molecular complexity index is 1010. The molecular weight excluding hydrogens is 307 g/mol. The van der Waals surface area contributed by atoms with Crippen LogP contribution in [0.3, 0.4) is 0 Å². The van der Waals surface area contributed by atoms with Crippen LogP contribution in [0.1, 0.15) is 18.3 Å². The van der Waals surface area contributed by atoms with Crippen molar-refractivity contribution in [3.05, 3.63) is 70.0 Å². The SMILES string of the molecule is CCc1nc2ccc(F)c(C#CCO)c2c(=O)n1-c1ccccc1. The normalized spacial score (nSPS) is 10.5. The molecule has 0 aliphatic carbocycles. The van der Waals surface area contributed by atoms with E-state index in [1.165, 1.54) is 16.7 Å². The topological polar surface area (TPSA) is 55.1 Å². The summed E-state index contributed by atoms with van der Waals surface area (Å²) >= 11 is 0. The zero-order valence-corrected chi connectivity index (χ0v) is 13.1. The maximum Gasteiger partial charge on any atom is 0.267 e. The number of para-hydroxylation sites is 1. The molecule has 0 fully saturated rings. The van der Waals surface area contributed by atoms with Gasteiger partial charge in [-0.1, -0.05) is 37.0 Å². The lowest BCUT2D eigenvalue weighted by Gasteiger charge is -2.13. The molecule has 1 N–H and O–H groups in total. The highest BCUT2D eigenvalue weighted by Gasteiger charge is 2.16. The van der Waals surface area contributed by atoms with Gasteiger partial charge in [0.15, 0.2) is 0 Å². The molecule has 1 heterocycles. The van der Waals surface area contributed by atoms with Crippen LogP contribution in [0.2, 0.25) is 0 Å². The maximum absolute atomic E-state index is 14.2. The average molecular weight is 322 g/mol. The molecule has 1 aromatic heterocycles. The number of aryl methyl sites for hydroxylation is 1. The van der Waals surface area contributed by atoms with Crippen molar-refractivity contribution in [1.29, 1.82) is 0 Å². The van der Waals surface area contributed by atoms with Crippen molar-refractivity contribution < 1.29 is 9.50 Å². The third-order valence-electron chi connectivity index (χ3n) is 3.68. The van der Waals surface area contributed by atoms with E-state index in [2.05, 4.69) is 16.8 Å². The van der Waals surface area contributed by atoms with Crippen molar-refractivity contribution in [3.8, 4) is 17.5 Å². The molecule has 0 amide bonds. The van der Waals surface area contributed by atoms with Crippen molar-refractivity contribution in [2.45, 2.75) is 13.3 Å². The molecule has 0 saturated carbocycles. The Hall–Kier alpha value is -2.97. The van der Waals surface area contributed by atoms with E-state index in [0.717, 1.165) is 0 Å². The smallest absolute Gasteiger partial charge is 0.267 e. The second-order valence-electron chi connectivity index (χ2n) is 5.13. The summed E-state index contributed by atoms with van der Waals surface area (Å²) in [5, 5.41) is 9.00. The van der Waals surface area contributed by atoms with Crippen LogP contribution in [0.15, 0.2) is 47.3 Å². The summed E-state index contributed by atoms with van der Waals surface area (Å²) in [7, 11) is 0. The highest BCUT2D eigenvalue weighted by Crippen LogP contribution is 2.19. The predicted octanol–water partition coefficient (Wildman–Crippen LogP) is 2.43. The molecule has 24 heavy (non-hydrogen) atoms. The van der Waals surface area contributed by atoms with E-state index in [1.54, 1.807) is 12.1 Å². The van der Waals surface area contributed by atoms with Crippen LogP contribution in [0.4, 0.5) is 4.39 Å². The van der Waals surface area contributed by atoms with Gasteiger partial charge in [0.2, 0.25) is 0 Å². The first-order valence-corrected chi connectivity index (χ1v) is 7.56. The number of rotatable bonds is 2. The summed E-state index contributed by atoms with van der Waals surface area (Å²) in [5.41, 5.74) is 0.655. The standard InChI is InChI=1S/C19H15FN2O2/c1-2-17-21-16-11-10-15(20)14(9-6-12-23)18(16)19(24)22(17)13-7-4-3-5-8-13/h3-5,7-8,10-11,23H,2,12H2,1H3. The van der Waals surface area contributed by atoms with Crippen LogP contribution in [0.5, 0.6) is 0 Å². The summed E-state index contributed by atoms with van der Waals surface area (Å²) in [6.45, 7) is 1.49. The maximum atomic E-state index is 14.2. The van der Waals surface area contributed by atoms with Crippen LogP contribution >= 0.6 is 0 Å². The Morgan fingerprint density at radius 1 is 1.21 bits per heavy atom. The van der Waals surface area contributed by atoms with E-state index in [-0.39, 0.29) is 16.5 Å². The number of aromatic nitrogens is 2. The summed E-state index contributed by atoms with van der Waals surface area (Å²) in [5.74, 6) is 4.92. The van der Waals surface area contributed by atoms with Gasteiger partial charge in [-0.25, -0.2) is 9.37 Å². The molecule has 4 nitrogen and oxygen atoms in total. The second kappa shape index (κ2) is 6.65. The van der Waals surface area contributed by atoms with Gasteiger partial charge in [-0.3, -0.25) is 9.36 Å². The monoisotopic (exact) mass is 322 g/mol. The lowest BCUT2D eigenvalue weighted by molar-refractivity contribution is 0.350. The molecule has 3 rings (SSSR count). The zero-order chi connectivity index (χ0) is 17.1. The van der Waals surface area contributed by atoms with Gasteiger partial charge in [0, 0.05) is 6.42 Å². The van der Waals surface area contributed by atoms with Crippen LogP contribution in [-0.2, 0) is 6.42 Å². The van der Waals surface area contributed by atoms with E-state index < -0.39 is 12.4 Å². The largest absolute Gasteiger partial charge is 0.384 e. The van der Waals surface area contributed by atoms with E-state index in [1.807, 2.05) is 25.1 Å². The molecule has 0 aliphatic heterocycles. The van der Waals surface area contributed by atoms with Gasteiger partial charge in [0.25, 0.3) is 5.56 Å². The van der Waals surface area contributed by atoms with Crippen LogP contribution < -0.4 is 5.56 Å². The van der Waals surface area contributed by atoms with Crippen molar-refractivity contribution in [1.82, 2.24) is 9.55 Å². The molecule has 0 bridgehead atoms. The minimum absolute atomic E-state index is 0.0358. The number of nitrogens with zero attached hydrogens (tertiary/aromatic N) is 2. The van der Waals surface area contributed by atoms with Crippen LogP contribution in [-0.4, -0.2) is 21.3 Å². The minimum atomic E-state index is -0.605. The van der Waals surface area contributed by atoms with E-state index in [0.29, 0.717) is 23.4 Å². The van der Waals surface area contributed by atoms with Gasteiger partial charge in [0.05, 0.1) is 22.2 Å².